The minimum atomic E-state index is -4.25. The van der Waals surface area contributed by atoms with Crippen LogP contribution in [-0.4, -0.2) is 27.0 Å². The number of hydrogen-bond acceptors (Lipinski definition) is 3. The topological polar surface area (TPSA) is 63.2 Å². The van der Waals surface area contributed by atoms with Gasteiger partial charge in [0.25, 0.3) is 15.0 Å². The Morgan fingerprint density at radius 1 is 1.33 bits per heavy atom. The average molecular weight is 344 g/mol. The van der Waals surface area contributed by atoms with E-state index in [9.17, 15) is 26.4 Å². The standard InChI is InChI=1S/C12H13ClF3NO3S/c1-8-7-9(21(13,19)20)3-4-10(8)11(18)17-6-2-5-12(14,15)16/h3-4,7H,2,5-6H2,1H3,(H,17,18). The van der Waals surface area contributed by atoms with Crippen molar-refractivity contribution < 1.29 is 26.4 Å². The van der Waals surface area contributed by atoms with Gasteiger partial charge in [-0.05, 0) is 37.1 Å². The maximum Gasteiger partial charge on any atom is 0.389 e. The number of carbonyl (C=O) groups is 1. The van der Waals surface area contributed by atoms with Gasteiger partial charge in [0.1, 0.15) is 0 Å². The minimum Gasteiger partial charge on any atom is -0.352 e. The first-order valence-corrected chi connectivity index (χ1v) is 8.22. The second kappa shape index (κ2) is 6.65. The zero-order valence-electron chi connectivity index (χ0n) is 11.0. The van der Waals surface area contributed by atoms with Gasteiger partial charge in [0.05, 0.1) is 4.90 Å². The van der Waals surface area contributed by atoms with Gasteiger partial charge in [-0.15, -0.1) is 0 Å². The van der Waals surface area contributed by atoms with Crippen LogP contribution in [0.4, 0.5) is 13.2 Å². The molecule has 0 fully saturated rings. The molecule has 9 heteroatoms. The zero-order chi connectivity index (χ0) is 16.3. The van der Waals surface area contributed by atoms with Crippen LogP contribution in [0.3, 0.4) is 0 Å². The summed E-state index contributed by atoms with van der Waals surface area (Å²) in [6, 6.07) is 3.66. The van der Waals surface area contributed by atoms with Gasteiger partial charge in [0, 0.05) is 29.2 Å². The average Bonchev–Trinajstić information content (AvgIpc) is 2.32. The van der Waals surface area contributed by atoms with E-state index in [2.05, 4.69) is 5.32 Å². The number of halogens is 4. The zero-order valence-corrected chi connectivity index (χ0v) is 12.6. The predicted octanol–water partition coefficient (Wildman–Crippen LogP) is 2.99. The summed E-state index contributed by atoms with van der Waals surface area (Å²) in [4.78, 5) is 11.6. The molecule has 4 nitrogen and oxygen atoms in total. The van der Waals surface area contributed by atoms with E-state index in [0.29, 0.717) is 5.56 Å². The highest BCUT2D eigenvalue weighted by Gasteiger charge is 2.26. The highest BCUT2D eigenvalue weighted by Crippen LogP contribution is 2.21. The Balaban J connectivity index is 2.67. The lowest BCUT2D eigenvalue weighted by atomic mass is 10.1. The lowest BCUT2D eigenvalue weighted by molar-refractivity contribution is -0.135. The molecule has 0 aliphatic carbocycles. The molecule has 118 valence electrons. The smallest absolute Gasteiger partial charge is 0.352 e. The molecule has 0 heterocycles. The molecule has 1 rings (SSSR count). The molecular formula is C12H13ClF3NO3S. The number of hydrogen-bond donors (Lipinski definition) is 1. The second-order valence-corrected chi connectivity index (χ2v) is 6.96. The van der Waals surface area contributed by atoms with E-state index in [1.54, 1.807) is 0 Å². The van der Waals surface area contributed by atoms with Crippen molar-refractivity contribution in [3.8, 4) is 0 Å². The molecule has 0 saturated heterocycles. The molecule has 1 aromatic rings. The molecule has 0 aliphatic rings. The third-order valence-corrected chi connectivity index (χ3v) is 4.00. The Kier molecular flexibility index (Phi) is 5.63. The fraction of sp³-hybridized carbons (Fsp3) is 0.417. The summed E-state index contributed by atoms with van der Waals surface area (Å²) in [5, 5.41) is 2.35. The predicted molar refractivity (Wildman–Crippen MR) is 71.8 cm³/mol. The van der Waals surface area contributed by atoms with E-state index < -0.39 is 27.6 Å². The van der Waals surface area contributed by atoms with Crippen LogP contribution in [-0.2, 0) is 9.05 Å². The summed E-state index contributed by atoms with van der Waals surface area (Å²) in [6.07, 6.45) is -5.45. The summed E-state index contributed by atoms with van der Waals surface area (Å²) in [7, 11) is 1.28. The lowest BCUT2D eigenvalue weighted by Gasteiger charge is -2.09. The van der Waals surface area contributed by atoms with Crippen molar-refractivity contribution in [1.82, 2.24) is 5.32 Å². The molecule has 1 aromatic carbocycles. The monoisotopic (exact) mass is 343 g/mol. The molecular weight excluding hydrogens is 331 g/mol. The molecule has 1 amide bonds. The van der Waals surface area contributed by atoms with Gasteiger partial charge in [-0.3, -0.25) is 4.79 Å². The number of aryl methyl sites for hydroxylation is 1. The minimum absolute atomic E-state index is 0.118. The van der Waals surface area contributed by atoms with Crippen LogP contribution in [0, 0.1) is 6.92 Å². The van der Waals surface area contributed by atoms with Gasteiger partial charge >= 0.3 is 6.18 Å². The Morgan fingerprint density at radius 3 is 2.43 bits per heavy atom. The van der Waals surface area contributed by atoms with Gasteiger partial charge in [0.15, 0.2) is 0 Å². The van der Waals surface area contributed by atoms with Crippen LogP contribution in [0.2, 0.25) is 0 Å². The van der Waals surface area contributed by atoms with E-state index in [1.807, 2.05) is 0 Å². The number of benzene rings is 1. The summed E-state index contributed by atoms with van der Waals surface area (Å²) in [5.41, 5.74) is 0.552. The Labute approximate surface area is 124 Å². The van der Waals surface area contributed by atoms with Gasteiger partial charge < -0.3 is 5.32 Å². The van der Waals surface area contributed by atoms with Crippen molar-refractivity contribution in [3.05, 3.63) is 29.3 Å². The first kappa shape index (κ1) is 17.8. The van der Waals surface area contributed by atoms with Crippen molar-refractivity contribution in [2.24, 2.45) is 0 Å². The highest BCUT2D eigenvalue weighted by atomic mass is 35.7. The van der Waals surface area contributed by atoms with E-state index >= 15 is 0 Å². The SMILES string of the molecule is Cc1cc(S(=O)(=O)Cl)ccc1C(=O)NCCCC(F)(F)F. The summed E-state index contributed by atoms with van der Waals surface area (Å²) in [5.74, 6) is -0.562. The third-order valence-electron chi connectivity index (χ3n) is 2.65. The Morgan fingerprint density at radius 2 is 1.95 bits per heavy atom. The number of amides is 1. The van der Waals surface area contributed by atoms with Crippen LogP contribution < -0.4 is 5.32 Å². The van der Waals surface area contributed by atoms with Crippen LogP contribution >= 0.6 is 10.7 Å². The van der Waals surface area contributed by atoms with Crippen molar-refractivity contribution in [2.75, 3.05) is 6.54 Å². The summed E-state index contributed by atoms with van der Waals surface area (Å²) < 4.78 is 58.1. The van der Waals surface area contributed by atoms with Crippen molar-refractivity contribution in [3.63, 3.8) is 0 Å². The maximum absolute atomic E-state index is 11.9. The van der Waals surface area contributed by atoms with Gasteiger partial charge in [-0.2, -0.15) is 13.2 Å². The molecule has 0 saturated carbocycles. The molecule has 0 spiro atoms. The molecule has 0 aliphatic heterocycles. The maximum atomic E-state index is 11.9. The highest BCUT2D eigenvalue weighted by molar-refractivity contribution is 8.13. The van der Waals surface area contributed by atoms with Crippen molar-refractivity contribution in [1.29, 1.82) is 0 Å². The quantitative estimate of drug-likeness (QED) is 0.660. The van der Waals surface area contributed by atoms with E-state index in [1.165, 1.54) is 25.1 Å². The molecule has 21 heavy (non-hydrogen) atoms. The number of nitrogens with one attached hydrogen (secondary N) is 1. The van der Waals surface area contributed by atoms with Gasteiger partial charge in [-0.25, -0.2) is 8.42 Å². The van der Waals surface area contributed by atoms with E-state index in [4.69, 9.17) is 10.7 Å². The molecule has 1 N–H and O–H groups in total. The first-order valence-electron chi connectivity index (χ1n) is 5.91. The number of alkyl halides is 3. The van der Waals surface area contributed by atoms with E-state index in [0.717, 1.165) is 0 Å². The lowest BCUT2D eigenvalue weighted by Crippen LogP contribution is -2.26. The summed E-state index contributed by atoms with van der Waals surface area (Å²) >= 11 is 0. The van der Waals surface area contributed by atoms with Crippen molar-refractivity contribution >= 4 is 25.6 Å². The molecule has 0 radical (unpaired) electrons. The molecule has 0 aromatic heterocycles. The third kappa shape index (κ3) is 5.92. The van der Waals surface area contributed by atoms with Gasteiger partial charge in [0.2, 0.25) is 0 Å². The Hall–Kier alpha value is -1.28. The molecule has 0 unspecified atom stereocenters. The van der Waals surface area contributed by atoms with Gasteiger partial charge in [-0.1, -0.05) is 0 Å². The van der Waals surface area contributed by atoms with Crippen LogP contribution in [0.15, 0.2) is 23.1 Å². The molecule has 0 atom stereocenters. The first-order chi connectivity index (χ1) is 9.50. The normalized spacial score (nSPS) is 12.2. The van der Waals surface area contributed by atoms with Crippen LogP contribution in [0.25, 0.3) is 0 Å². The number of carbonyl (C=O) groups excluding carboxylic acids is 1. The van der Waals surface area contributed by atoms with E-state index in [-0.39, 0.29) is 23.4 Å². The fourth-order valence-corrected chi connectivity index (χ4v) is 2.46. The largest absolute Gasteiger partial charge is 0.389 e. The summed E-state index contributed by atoms with van der Waals surface area (Å²) in [6.45, 7) is 1.39. The fourth-order valence-electron chi connectivity index (χ4n) is 1.63. The van der Waals surface area contributed by atoms with Crippen LogP contribution in [0.5, 0.6) is 0 Å². The second-order valence-electron chi connectivity index (χ2n) is 4.39. The Bertz CT molecular complexity index is 629. The van der Waals surface area contributed by atoms with Crippen molar-refractivity contribution in [2.45, 2.75) is 30.8 Å². The van der Waals surface area contributed by atoms with Crippen LogP contribution in [0.1, 0.15) is 28.8 Å². The molecule has 0 bridgehead atoms. The number of rotatable bonds is 5.